The second kappa shape index (κ2) is 7.35. The minimum atomic E-state index is -4.47. The molecule has 142 valence electrons. The van der Waals surface area contributed by atoms with Gasteiger partial charge < -0.3 is 5.32 Å². The molecular weight excluding hydrogens is 475 g/mol. The lowest BCUT2D eigenvalue weighted by Gasteiger charge is -2.13. The molecule has 0 aliphatic carbocycles. The van der Waals surface area contributed by atoms with Crippen LogP contribution in [0.1, 0.15) is 5.56 Å². The Kier molecular flexibility index (Phi) is 5.03. The van der Waals surface area contributed by atoms with Crippen molar-refractivity contribution in [3.63, 3.8) is 0 Å². The van der Waals surface area contributed by atoms with Crippen LogP contribution in [0.4, 0.5) is 24.7 Å². The highest BCUT2D eigenvalue weighted by Crippen LogP contribution is 2.40. The van der Waals surface area contributed by atoms with Crippen molar-refractivity contribution in [2.45, 2.75) is 6.18 Å². The molecule has 0 amide bonds. The quantitative estimate of drug-likeness (QED) is 0.326. The van der Waals surface area contributed by atoms with Crippen molar-refractivity contribution in [3.8, 4) is 11.1 Å². The smallest absolute Gasteiger partial charge is 0.338 e. The van der Waals surface area contributed by atoms with E-state index >= 15 is 0 Å². The van der Waals surface area contributed by atoms with Crippen molar-refractivity contribution in [1.82, 2.24) is 9.97 Å². The SMILES string of the molecule is FC(F)(F)c1ccc(Cl)c(Nc2ncnc3scc(-c4ccc(Br)cc4)c23)c1. The molecular formula is C19H10BrClF3N3S. The molecule has 0 spiro atoms. The molecule has 0 fully saturated rings. The second-order valence-corrected chi connectivity index (χ2v) is 8.06. The van der Waals surface area contributed by atoms with Gasteiger partial charge in [0, 0.05) is 15.4 Å². The van der Waals surface area contributed by atoms with Crippen molar-refractivity contribution in [3.05, 3.63) is 69.2 Å². The summed E-state index contributed by atoms with van der Waals surface area (Å²) >= 11 is 11.0. The lowest BCUT2D eigenvalue weighted by Crippen LogP contribution is -2.06. The number of nitrogens with zero attached hydrogens (tertiary/aromatic N) is 2. The average molecular weight is 485 g/mol. The fourth-order valence-electron chi connectivity index (χ4n) is 2.74. The van der Waals surface area contributed by atoms with Crippen LogP contribution in [0.2, 0.25) is 5.02 Å². The molecule has 0 radical (unpaired) electrons. The van der Waals surface area contributed by atoms with E-state index in [1.54, 1.807) is 0 Å². The number of hydrogen-bond donors (Lipinski definition) is 1. The van der Waals surface area contributed by atoms with Crippen LogP contribution >= 0.6 is 38.9 Å². The number of halogens is 5. The lowest BCUT2D eigenvalue weighted by molar-refractivity contribution is -0.137. The van der Waals surface area contributed by atoms with Crippen molar-refractivity contribution >= 4 is 60.6 Å². The maximum absolute atomic E-state index is 13.1. The van der Waals surface area contributed by atoms with Gasteiger partial charge in [0.2, 0.25) is 0 Å². The zero-order chi connectivity index (χ0) is 19.9. The summed E-state index contributed by atoms with van der Waals surface area (Å²) in [7, 11) is 0. The summed E-state index contributed by atoms with van der Waals surface area (Å²) in [5.41, 5.74) is 1.17. The van der Waals surface area contributed by atoms with Gasteiger partial charge in [0.15, 0.2) is 0 Å². The molecule has 0 bridgehead atoms. The van der Waals surface area contributed by atoms with Gasteiger partial charge in [-0.15, -0.1) is 11.3 Å². The van der Waals surface area contributed by atoms with Crippen LogP contribution in [0.25, 0.3) is 21.3 Å². The largest absolute Gasteiger partial charge is 0.416 e. The Labute approximate surface area is 175 Å². The third kappa shape index (κ3) is 3.72. The highest BCUT2D eigenvalue weighted by molar-refractivity contribution is 9.10. The van der Waals surface area contributed by atoms with Gasteiger partial charge >= 0.3 is 6.18 Å². The van der Waals surface area contributed by atoms with Crippen LogP contribution in [0.3, 0.4) is 0 Å². The Morgan fingerprint density at radius 3 is 2.50 bits per heavy atom. The number of nitrogens with one attached hydrogen (secondary N) is 1. The molecule has 1 N–H and O–H groups in total. The molecule has 0 saturated heterocycles. The van der Waals surface area contributed by atoms with Gasteiger partial charge in [-0.3, -0.25) is 0 Å². The van der Waals surface area contributed by atoms with Gasteiger partial charge in [-0.2, -0.15) is 13.2 Å². The van der Waals surface area contributed by atoms with E-state index < -0.39 is 11.7 Å². The van der Waals surface area contributed by atoms with Crippen LogP contribution < -0.4 is 5.32 Å². The predicted octanol–water partition coefficient (Wildman–Crippen LogP) is 7.54. The van der Waals surface area contributed by atoms with E-state index in [1.165, 1.54) is 23.7 Å². The molecule has 28 heavy (non-hydrogen) atoms. The van der Waals surface area contributed by atoms with Crippen molar-refractivity contribution < 1.29 is 13.2 Å². The number of aromatic nitrogens is 2. The predicted molar refractivity (Wildman–Crippen MR) is 110 cm³/mol. The topological polar surface area (TPSA) is 37.8 Å². The van der Waals surface area contributed by atoms with E-state index in [1.807, 2.05) is 29.6 Å². The summed E-state index contributed by atoms with van der Waals surface area (Å²) in [6, 6.07) is 10.9. The van der Waals surface area contributed by atoms with E-state index in [-0.39, 0.29) is 10.7 Å². The zero-order valence-corrected chi connectivity index (χ0v) is 17.0. The maximum atomic E-state index is 13.1. The maximum Gasteiger partial charge on any atom is 0.416 e. The number of thiophene rings is 1. The molecule has 0 aliphatic heterocycles. The first-order valence-corrected chi connectivity index (χ1v) is 10.00. The molecule has 0 saturated carbocycles. The highest BCUT2D eigenvalue weighted by Gasteiger charge is 2.31. The van der Waals surface area contributed by atoms with Gasteiger partial charge in [0.1, 0.15) is 17.0 Å². The lowest BCUT2D eigenvalue weighted by atomic mass is 10.1. The standard InChI is InChI=1S/C19H10BrClF3N3S/c20-12-4-1-10(2-5-12)13-8-28-18-16(13)17(25-9-26-18)27-15-7-11(19(22,23)24)3-6-14(15)21/h1-9H,(H,25,26,27). The Morgan fingerprint density at radius 1 is 1.04 bits per heavy atom. The molecule has 4 rings (SSSR count). The first kappa shape index (κ1) is 19.2. The molecule has 2 aromatic carbocycles. The molecule has 4 aromatic rings. The number of anilines is 2. The average Bonchev–Trinajstić information content (AvgIpc) is 3.08. The first-order chi connectivity index (χ1) is 13.3. The fraction of sp³-hybridized carbons (Fsp3) is 0.0526. The zero-order valence-electron chi connectivity index (χ0n) is 13.9. The minimum Gasteiger partial charge on any atom is -0.338 e. The summed E-state index contributed by atoms with van der Waals surface area (Å²) in [5, 5.41) is 5.79. The summed E-state index contributed by atoms with van der Waals surface area (Å²) in [4.78, 5) is 9.24. The van der Waals surface area contributed by atoms with Gasteiger partial charge in [0.05, 0.1) is 21.7 Å². The molecule has 0 atom stereocenters. The number of rotatable bonds is 3. The monoisotopic (exact) mass is 483 g/mol. The van der Waals surface area contributed by atoms with Gasteiger partial charge in [-0.1, -0.05) is 39.7 Å². The molecule has 9 heteroatoms. The van der Waals surface area contributed by atoms with E-state index in [4.69, 9.17) is 11.6 Å². The molecule has 3 nitrogen and oxygen atoms in total. The van der Waals surface area contributed by atoms with Crippen molar-refractivity contribution in [2.75, 3.05) is 5.32 Å². The van der Waals surface area contributed by atoms with E-state index in [0.717, 1.165) is 37.9 Å². The van der Waals surface area contributed by atoms with E-state index in [9.17, 15) is 13.2 Å². The van der Waals surface area contributed by atoms with Gasteiger partial charge in [-0.25, -0.2) is 9.97 Å². The number of alkyl halides is 3. The van der Waals surface area contributed by atoms with Crippen LogP contribution in [0.5, 0.6) is 0 Å². The van der Waals surface area contributed by atoms with Crippen LogP contribution in [-0.4, -0.2) is 9.97 Å². The summed E-state index contributed by atoms with van der Waals surface area (Å²) in [6.45, 7) is 0. The highest BCUT2D eigenvalue weighted by atomic mass is 79.9. The van der Waals surface area contributed by atoms with Gasteiger partial charge in [0.25, 0.3) is 0 Å². The van der Waals surface area contributed by atoms with Gasteiger partial charge in [-0.05, 0) is 35.9 Å². The Morgan fingerprint density at radius 2 is 1.79 bits per heavy atom. The Hall–Kier alpha value is -2.16. The summed E-state index contributed by atoms with van der Waals surface area (Å²) in [5.74, 6) is 0.394. The number of fused-ring (bicyclic) bond motifs is 1. The van der Waals surface area contributed by atoms with Crippen molar-refractivity contribution in [2.24, 2.45) is 0 Å². The number of hydrogen-bond acceptors (Lipinski definition) is 4. The molecule has 2 aromatic heterocycles. The minimum absolute atomic E-state index is 0.129. The number of benzene rings is 2. The normalized spacial score (nSPS) is 11.8. The summed E-state index contributed by atoms with van der Waals surface area (Å²) < 4.78 is 40.1. The third-order valence-electron chi connectivity index (χ3n) is 4.07. The second-order valence-electron chi connectivity index (χ2n) is 5.88. The summed E-state index contributed by atoms with van der Waals surface area (Å²) in [6.07, 6.45) is -3.10. The molecule has 2 heterocycles. The molecule has 0 unspecified atom stereocenters. The first-order valence-electron chi connectivity index (χ1n) is 7.95. The van der Waals surface area contributed by atoms with Crippen LogP contribution in [0, 0.1) is 0 Å². The Bertz CT molecular complexity index is 1160. The fourth-order valence-corrected chi connectivity index (χ4v) is 4.08. The van der Waals surface area contributed by atoms with Crippen LogP contribution in [-0.2, 0) is 6.18 Å². The Balaban J connectivity index is 1.82. The van der Waals surface area contributed by atoms with Crippen molar-refractivity contribution in [1.29, 1.82) is 0 Å². The van der Waals surface area contributed by atoms with Crippen LogP contribution in [0.15, 0.2) is 58.6 Å². The molecule has 0 aliphatic rings. The van der Waals surface area contributed by atoms with E-state index in [2.05, 4.69) is 31.2 Å². The third-order valence-corrected chi connectivity index (χ3v) is 5.82. The van der Waals surface area contributed by atoms with E-state index in [0.29, 0.717) is 5.82 Å².